The molecule has 0 bridgehead atoms. The molecule has 2 aromatic carbocycles. The van der Waals surface area contributed by atoms with Gasteiger partial charge in [0.05, 0.1) is 6.33 Å². The standard InChI is InChI=1S/C51H71N15O9/c1-3-4-16-36(60-30(2)67)45(70)63-39-20-21-43(68)56-22-11-10-18-37(47(72)64-40(44(52)69)25-32-27-58-35-17-9-8-15-34(32)35)61-46(71)38(19-12-23-57-51(53)54)62-49(74)41(24-31-13-6-5-7-14-31)65-50(75)42(66-48(39)73)26-33-28-55-29-59-33/h5-9,13-15,17,27-29,36-42,58H,3-4,10-12,16,18-26H2,1-2H3,(H2,52,69)(H,55,59)(H,56,68)(H,60,67)(H,61,71)(H,62,74)(H,63,70)(H,64,72)(H,65,75)(H,66,73)(H4,53,54,57). The van der Waals surface area contributed by atoms with E-state index in [2.05, 4.69) is 62.5 Å². The fourth-order valence-corrected chi connectivity index (χ4v) is 8.56. The Balaban J connectivity index is 1.50. The number of unbranched alkanes of at least 4 members (excludes halogenated alkanes) is 1. The van der Waals surface area contributed by atoms with Crippen molar-refractivity contribution in [3.05, 3.63) is 90.1 Å². The lowest BCUT2D eigenvalue weighted by Crippen LogP contribution is -2.60. The van der Waals surface area contributed by atoms with Gasteiger partial charge in [-0.1, -0.05) is 68.3 Å². The molecule has 16 N–H and O–H groups in total. The largest absolute Gasteiger partial charge is 0.370 e. The molecule has 0 saturated carbocycles. The molecule has 0 spiro atoms. The average Bonchev–Trinajstić information content (AvgIpc) is 4.06. The summed E-state index contributed by atoms with van der Waals surface area (Å²) in [5, 5.41) is 22.7. The van der Waals surface area contributed by atoms with Gasteiger partial charge >= 0.3 is 0 Å². The smallest absolute Gasteiger partial charge is 0.243 e. The van der Waals surface area contributed by atoms with Crippen LogP contribution in [0, 0.1) is 0 Å². The summed E-state index contributed by atoms with van der Waals surface area (Å²) in [4.78, 5) is 139. The van der Waals surface area contributed by atoms with Crippen LogP contribution in [0.15, 0.2) is 78.3 Å². The van der Waals surface area contributed by atoms with Crippen LogP contribution in [-0.2, 0) is 62.4 Å². The number of imidazole rings is 1. The van der Waals surface area contributed by atoms with Gasteiger partial charge in [0, 0.05) is 74.7 Å². The number of guanidine groups is 1. The van der Waals surface area contributed by atoms with E-state index in [1.165, 1.54) is 19.4 Å². The number of nitrogens with two attached hydrogens (primary N) is 3. The second-order valence-corrected chi connectivity index (χ2v) is 18.5. The Labute approximate surface area is 434 Å². The molecule has 1 aliphatic heterocycles. The predicted molar refractivity (Wildman–Crippen MR) is 278 cm³/mol. The minimum atomic E-state index is -1.41. The molecule has 4 aromatic rings. The van der Waals surface area contributed by atoms with Crippen molar-refractivity contribution < 1.29 is 43.2 Å². The zero-order valence-corrected chi connectivity index (χ0v) is 42.4. The Morgan fingerprint density at radius 2 is 1.47 bits per heavy atom. The molecule has 3 heterocycles. The number of amides is 9. The molecular formula is C51H71N15O9. The molecule has 0 radical (unpaired) electrons. The maximum atomic E-state index is 14.6. The number of aliphatic imine (C=N–C) groups is 1. The highest BCUT2D eigenvalue weighted by molar-refractivity contribution is 5.98. The van der Waals surface area contributed by atoms with Gasteiger partial charge in [0.25, 0.3) is 0 Å². The van der Waals surface area contributed by atoms with Crippen molar-refractivity contribution >= 4 is 70.0 Å². The molecule has 7 atom stereocenters. The maximum Gasteiger partial charge on any atom is 0.243 e. The number of rotatable bonds is 19. The van der Waals surface area contributed by atoms with E-state index < -0.39 is 95.5 Å². The van der Waals surface area contributed by atoms with Crippen molar-refractivity contribution in [3.8, 4) is 0 Å². The van der Waals surface area contributed by atoms with E-state index in [0.717, 1.165) is 10.9 Å². The van der Waals surface area contributed by atoms with Crippen LogP contribution in [0.4, 0.5) is 0 Å². The minimum absolute atomic E-state index is 0.00681. The third-order valence-electron chi connectivity index (χ3n) is 12.6. The summed E-state index contributed by atoms with van der Waals surface area (Å²) < 4.78 is 0. The van der Waals surface area contributed by atoms with Crippen LogP contribution in [0.25, 0.3) is 10.9 Å². The Kier molecular flexibility index (Phi) is 22.6. The number of primary amides is 1. The quantitative estimate of drug-likeness (QED) is 0.0310. The van der Waals surface area contributed by atoms with Crippen LogP contribution >= 0.6 is 0 Å². The first-order valence-electron chi connectivity index (χ1n) is 25.3. The van der Waals surface area contributed by atoms with Crippen molar-refractivity contribution in [1.82, 2.24) is 57.5 Å². The van der Waals surface area contributed by atoms with E-state index in [-0.39, 0.29) is 83.3 Å². The predicted octanol–water partition coefficient (Wildman–Crippen LogP) is -0.858. The lowest BCUT2D eigenvalue weighted by atomic mass is 10.0. The molecule has 7 unspecified atom stereocenters. The van der Waals surface area contributed by atoms with E-state index >= 15 is 0 Å². The number of nitrogens with zero attached hydrogens (tertiary/aromatic N) is 2. The first kappa shape index (κ1) is 57.6. The van der Waals surface area contributed by atoms with Crippen LogP contribution in [0.3, 0.4) is 0 Å². The lowest BCUT2D eigenvalue weighted by molar-refractivity contribution is -0.136. The molecule has 24 nitrogen and oxygen atoms in total. The molecule has 9 amide bonds. The highest BCUT2D eigenvalue weighted by atomic mass is 16.2. The van der Waals surface area contributed by atoms with Crippen molar-refractivity contribution in [2.75, 3.05) is 13.1 Å². The third-order valence-corrected chi connectivity index (χ3v) is 12.6. The Morgan fingerprint density at radius 1 is 0.773 bits per heavy atom. The van der Waals surface area contributed by atoms with Crippen LogP contribution in [0.1, 0.15) is 94.9 Å². The van der Waals surface area contributed by atoms with Gasteiger partial charge in [0.1, 0.15) is 42.3 Å². The molecule has 404 valence electrons. The summed E-state index contributed by atoms with van der Waals surface area (Å²) in [6.07, 6.45) is 6.10. The van der Waals surface area contributed by atoms with Crippen LogP contribution in [0.2, 0.25) is 0 Å². The number of aromatic nitrogens is 3. The highest BCUT2D eigenvalue weighted by Crippen LogP contribution is 2.20. The number of fused-ring (bicyclic) bond motifs is 1. The zero-order chi connectivity index (χ0) is 54.3. The molecule has 5 rings (SSSR count). The van der Waals surface area contributed by atoms with Crippen molar-refractivity contribution in [1.29, 1.82) is 0 Å². The van der Waals surface area contributed by atoms with Crippen molar-refractivity contribution in [2.45, 2.75) is 140 Å². The molecule has 75 heavy (non-hydrogen) atoms. The molecule has 1 fully saturated rings. The van der Waals surface area contributed by atoms with E-state index in [0.29, 0.717) is 36.1 Å². The van der Waals surface area contributed by atoms with Gasteiger partial charge in [-0.3, -0.25) is 48.1 Å². The van der Waals surface area contributed by atoms with E-state index in [1.807, 2.05) is 31.2 Å². The number of hydrogen-bond donors (Lipinski definition) is 13. The van der Waals surface area contributed by atoms with Gasteiger partial charge in [-0.05, 0) is 62.1 Å². The monoisotopic (exact) mass is 1040 g/mol. The number of nitrogens with one attached hydrogen (secondary N) is 10. The first-order valence-corrected chi connectivity index (χ1v) is 25.3. The maximum absolute atomic E-state index is 14.6. The molecule has 1 aliphatic rings. The number of hydrogen-bond acceptors (Lipinski definition) is 11. The van der Waals surface area contributed by atoms with E-state index in [1.54, 1.807) is 36.5 Å². The van der Waals surface area contributed by atoms with Gasteiger partial charge in [-0.25, -0.2) is 4.98 Å². The van der Waals surface area contributed by atoms with E-state index in [4.69, 9.17) is 17.2 Å². The van der Waals surface area contributed by atoms with Gasteiger partial charge < -0.3 is 69.7 Å². The number of benzene rings is 2. The number of carbonyl (C=O) groups excluding carboxylic acids is 9. The van der Waals surface area contributed by atoms with Crippen molar-refractivity contribution in [2.24, 2.45) is 22.2 Å². The minimum Gasteiger partial charge on any atom is -0.370 e. The second-order valence-electron chi connectivity index (χ2n) is 18.5. The van der Waals surface area contributed by atoms with Gasteiger partial charge in [0.15, 0.2) is 5.96 Å². The summed E-state index contributed by atoms with van der Waals surface area (Å²) in [5.41, 5.74) is 19.6. The fraction of sp³-hybridized carbons (Fsp3) is 0.471. The fourth-order valence-electron chi connectivity index (χ4n) is 8.56. The first-order chi connectivity index (χ1) is 36.0. The molecule has 24 heteroatoms. The Bertz CT molecular complexity index is 2600. The molecule has 2 aromatic heterocycles. The summed E-state index contributed by atoms with van der Waals surface area (Å²) in [6.45, 7) is 3.36. The third kappa shape index (κ3) is 18.9. The Hall–Kier alpha value is -8.31. The van der Waals surface area contributed by atoms with Crippen LogP contribution < -0.4 is 59.7 Å². The summed E-state index contributed by atoms with van der Waals surface area (Å²) in [7, 11) is 0. The summed E-state index contributed by atoms with van der Waals surface area (Å²) in [6, 6.07) is 7.15. The SMILES string of the molecule is CCCCC(NC(C)=O)C(=O)NC1CCC(=O)NCCCCC(C(=O)NC(Cc2c[nH]c3ccccc23)C(N)=O)NC(=O)C(CCCN=C(N)N)NC(=O)C(Cc2ccccc2)NC(=O)C(Cc2cnc[nH]2)NC1=O. The van der Waals surface area contributed by atoms with E-state index in [9.17, 15) is 43.2 Å². The molecule has 0 aliphatic carbocycles. The van der Waals surface area contributed by atoms with Gasteiger partial charge in [0.2, 0.25) is 53.2 Å². The second kappa shape index (κ2) is 29.4. The summed E-state index contributed by atoms with van der Waals surface area (Å²) >= 11 is 0. The summed E-state index contributed by atoms with van der Waals surface area (Å²) in [5.74, 6) is -6.62. The van der Waals surface area contributed by atoms with Crippen molar-refractivity contribution in [3.63, 3.8) is 0 Å². The Morgan fingerprint density at radius 3 is 2.16 bits per heavy atom. The normalized spacial score (nSPS) is 20.3. The molecular weight excluding hydrogens is 967 g/mol. The lowest BCUT2D eigenvalue weighted by Gasteiger charge is -2.28. The van der Waals surface area contributed by atoms with Gasteiger partial charge in [-0.2, -0.15) is 0 Å². The van der Waals surface area contributed by atoms with Crippen LogP contribution in [0.5, 0.6) is 0 Å². The topological polar surface area (TPSA) is 385 Å². The number of carbonyl (C=O) groups is 9. The number of aromatic amines is 2. The zero-order valence-electron chi connectivity index (χ0n) is 42.4. The average molecular weight is 1040 g/mol. The highest BCUT2D eigenvalue weighted by Gasteiger charge is 2.35. The number of H-pyrrole nitrogens is 2. The van der Waals surface area contributed by atoms with Gasteiger partial charge in [-0.15, -0.1) is 0 Å². The van der Waals surface area contributed by atoms with Crippen LogP contribution in [-0.4, -0.2) is 129 Å². The molecule has 1 saturated heterocycles. The number of para-hydroxylation sites is 1.